The fraction of sp³-hybridized carbons (Fsp3) is 0.300. The first kappa shape index (κ1) is 18.7. The highest BCUT2D eigenvalue weighted by Gasteiger charge is 2.30. The lowest BCUT2D eigenvalue weighted by Crippen LogP contribution is -2.15. The van der Waals surface area contributed by atoms with Crippen LogP contribution in [0.4, 0.5) is 10.2 Å². The highest BCUT2D eigenvalue weighted by atomic mass is 79.9. The summed E-state index contributed by atoms with van der Waals surface area (Å²) in [5.74, 6) is 0.439. The number of halogens is 2. The Morgan fingerprint density at radius 2 is 2.21 bits per heavy atom. The highest BCUT2D eigenvalue weighted by Crippen LogP contribution is 2.45. The van der Waals surface area contributed by atoms with Gasteiger partial charge >= 0.3 is 0 Å². The van der Waals surface area contributed by atoms with Crippen LogP contribution in [0.2, 0.25) is 0 Å². The second kappa shape index (κ2) is 7.78. The van der Waals surface area contributed by atoms with Gasteiger partial charge in [-0.3, -0.25) is 0 Å². The predicted octanol–water partition coefficient (Wildman–Crippen LogP) is 5.74. The van der Waals surface area contributed by atoms with Crippen LogP contribution in [0.1, 0.15) is 47.6 Å². The fourth-order valence-corrected chi connectivity index (χ4v) is 3.88. The first-order valence-corrected chi connectivity index (χ1v) is 9.64. The standard InChI is InChI=1S/C20H16BrFN4O2/c1-11-18-19(16-4-2-3-7-27-16)17(9-24-20(18)26-25-11)28-10-13-12(8-23)14(21)5-6-15(13)22/h5-6,9,16H,1-4,7,10H2. The molecule has 1 fully saturated rings. The summed E-state index contributed by atoms with van der Waals surface area (Å²) in [6.45, 7) is 4.48. The van der Waals surface area contributed by atoms with Gasteiger partial charge in [0.05, 0.1) is 29.1 Å². The smallest absolute Gasteiger partial charge is 0.184 e. The molecule has 2 aromatic rings. The first-order valence-electron chi connectivity index (χ1n) is 8.85. The minimum Gasteiger partial charge on any atom is -0.487 e. The van der Waals surface area contributed by atoms with Crippen LogP contribution >= 0.6 is 15.9 Å². The number of hydrogen-bond acceptors (Lipinski definition) is 6. The number of nitriles is 1. The van der Waals surface area contributed by atoms with E-state index in [0.29, 0.717) is 33.9 Å². The van der Waals surface area contributed by atoms with E-state index in [1.165, 1.54) is 12.1 Å². The van der Waals surface area contributed by atoms with E-state index in [1.807, 2.05) is 6.07 Å². The topological polar surface area (TPSA) is 79.9 Å². The molecule has 0 N–H and O–H groups in total. The summed E-state index contributed by atoms with van der Waals surface area (Å²) in [7, 11) is 0. The van der Waals surface area contributed by atoms with Crippen molar-refractivity contribution < 1.29 is 13.9 Å². The monoisotopic (exact) mass is 442 g/mol. The van der Waals surface area contributed by atoms with Gasteiger partial charge in [-0.1, -0.05) is 6.58 Å². The maximum absolute atomic E-state index is 14.3. The lowest BCUT2D eigenvalue weighted by Gasteiger charge is -2.26. The first-order chi connectivity index (χ1) is 13.6. The van der Waals surface area contributed by atoms with E-state index in [2.05, 4.69) is 37.7 Å². The van der Waals surface area contributed by atoms with Gasteiger partial charge in [0.1, 0.15) is 24.2 Å². The third-order valence-electron chi connectivity index (χ3n) is 4.81. The predicted molar refractivity (Wildman–Crippen MR) is 103 cm³/mol. The molecule has 1 unspecified atom stereocenters. The van der Waals surface area contributed by atoms with Crippen molar-refractivity contribution in [2.45, 2.75) is 32.0 Å². The maximum Gasteiger partial charge on any atom is 0.184 e. The molecule has 1 saturated heterocycles. The molecule has 2 aliphatic rings. The molecule has 8 heteroatoms. The molecular formula is C20H16BrFN4O2. The average Bonchev–Trinajstić information content (AvgIpc) is 3.09. The summed E-state index contributed by atoms with van der Waals surface area (Å²) in [6, 6.07) is 4.82. The zero-order valence-corrected chi connectivity index (χ0v) is 16.5. The molecule has 1 atom stereocenters. The molecule has 0 saturated carbocycles. The van der Waals surface area contributed by atoms with E-state index in [1.54, 1.807) is 6.20 Å². The van der Waals surface area contributed by atoms with Gasteiger partial charge in [-0.05, 0) is 47.3 Å². The number of ether oxygens (including phenoxy) is 2. The van der Waals surface area contributed by atoms with Gasteiger partial charge in [0.25, 0.3) is 0 Å². The van der Waals surface area contributed by atoms with Gasteiger partial charge in [0.15, 0.2) is 5.82 Å². The van der Waals surface area contributed by atoms with Crippen molar-refractivity contribution in [3.05, 3.63) is 57.5 Å². The van der Waals surface area contributed by atoms with Crippen LogP contribution in [0.3, 0.4) is 0 Å². The molecule has 28 heavy (non-hydrogen) atoms. The minimum atomic E-state index is -0.501. The van der Waals surface area contributed by atoms with E-state index in [4.69, 9.17) is 9.47 Å². The molecule has 0 spiro atoms. The molecule has 1 aromatic carbocycles. The van der Waals surface area contributed by atoms with Crippen LogP contribution < -0.4 is 4.74 Å². The number of aromatic nitrogens is 1. The Morgan fingerprint density at radius 1 is 1.36 bits per heavy atom. The van der Waals surface area contributed by atoms with Gasteiger partial charge < -0.3 is 9.47 Å². The Hall–Kier alpha value is -2.63. The van der Waals surface area contributed by atoms with E-state index < -0.39 is 5.82 Å². The van der Waals surface area contributed by atoms with Crippen LogP contribution in [-0.2, 0) is 11.3 Å². The fourth-order valence-electron chi connectivity index (χ4n) is 3.42. The number of rotatable bonds is 4. The number of pyridine rings is 1. The van der Waals surface area contributed by atoms with E-state index in [0.717, 1.165) is 24.8 Å². The average molecular weight is 443 g/mol. The quantitative estimate of drug-likeness (QED) is 0.603. The third-order valence-corrected chi connectivity index (χ3v) is 5.47. The summed E-state index contributed by atoms with van der Waals surface area (Å²) >= 11 is 3.28. The molecule has 1 aromatic heterocycles. The molecule has 0 aliphatic carbocycles. The zero-order chi connectivity index (χ0) is 19.7. The summed E-state index contributed by atoms with van der Waals surface area (Å²) in [5.41, 5.74) is 2.39. The second-order valence-electron chi connectivity index (χ2n) is 6.52. The van der Waals surface area contributed by atoms with E-state index in [-0.39, 0.29) is 23.8 Å². The molecule has 4 rings (SSSR count). The van der Waals surface area contributed by atoms with Crippen LogP contribution in [0.5, 0.6) is 5.75 Å². The number of fused-ring (bicyclic) bond motifs is 1. The Bertz CT molecular complexity index is 1030. The lowest BCUT2D eigenvalue weighted by atomic mass is 9.95. The van der Waals surface area contributed by atoms with Crippen LogP contribution in [0.15, 0.2) is 39.6 Å². The molecule has 0 amide bonds. The summed E-state index contributed by atoms with van der Waals surface area (Å²) in [5, 5.41) is 17.4. The van der Waals surface area contributed by atoms with Crippen molar-refractivity contribution in [1.29, 1.82) is 5.26 Å². The second-order valence-corrected chi connectivity index (χ2v) is 7.37. The highest BCUT2D eigenvalue weighted by molar-refractivity contribution is 9.10. The van der Waals surface area contributed by atoms with Gasteiger partial charge in [-0.2, -0.15) is 5.26 Å². The van der Waals surface area contributed by atoms with Crippen LogP contribution in [0, 0.1) is 17.1 Å². The van der Waals surface area contributed by atoms with E-state index in [9.17, 15) is 9.65 Å². The lowest BCUT2D eigenvalue weighted by molar-refractivity contribution is 0.0129. The molecule has 3 heterocycles. The van der Waals surface area contributed by atoms with Gasteiger partial charge in [0, 0.05) is 22.2 Å². The van der Waals surface area contributed by atoms with Crippen molar-refractivity contribution >= 4 is 27.4 Å². The molecule has 0 bridgehead atoms. The maximum atomic E-state index is 14.3. The Kier molecular flexibility index (Phi) is 5.20. The van der Waals surface area contributed by atoms with Crippen molar-refractivity contribution in [1.82, 2.24) is 4.98 Å². The van der Waals surface area contributed by atoms with Gasteiger partial charge in [-0.15, -0.1) is 10.2 Å². The van der Waals surface area contributed by atoms with Crippen molar-refractivity contribution in [3.63, 3.8) is 0 Å². The number of nitrogens with zero attached hydrogens (tertiary/aromatic N) is 4. The van der Waals surface area contributed by atoms with Crippen molar-refractivity contribution in [2.75, 3.05) is 6.61 Å². The molecular weight excluding hydrogens is 427 g/mol. The van der Waals surface area contributed by atoms with Crippen LogP contribution in [0.25, 0.3) is 5.70 Å². The molecule has 2 aliphatic heterocycles. The summed E-state index contributed by atoms with van der Waals surface area (Å²) < 4.78 is 26.7. The van der Waals surface area contributed by atoms with E-state index >= 15 is 0 Å². The van der Waals surface area contributed by atoms with Crippen LogP contribution in [-0.4, -0.2) is 11.6 Å². The van der Waals surface area contributed by atoms with Gasteiger partial charge in [-0.25, -0.2) is 9.37 Å². The van der Waals surface area contributed by atoms with Crippen molar-refractivity contribution in [2.24, 2.45) is 10.2 Å². The number of azo groups is 1. The Labute approximate surface area is 169 Å². The largest absolute Gasteiger partial charge is 0.487 e. The molecule has 6 nitrogen and oxygen atoms in total. The number of benzene rings is 1. The summed E-state index contributed by atoms with van der Waals surface area (Å²) in [4.78, 5) is 4.29. The normalized spacial score (nSPS) is 18.0. The van der Waals surface area contributed by atoms with Gasteiger partial charge in [0.2, 0.25) is 0 Å². The Balaban J connectivity index is 1.72. The number of hydrogen-bond donors (Lipinski definition) is 0. The third kappa shape index (κ3) is 3.32. The van der Waals surface area contributed by atoms with Crippen molar-refractivity contribution in [3.8, 4) is 11.8 Å². The molecule has 142 valence electrons. The molecule has 0 radical (unpaired) electrons. The SMILES string of the molecule is C=C1N=Nc2ncc(OCc3c(F)ccc(Br)c3C#N)c(C3CCCCO3)c21. The Morgan fingerprint density at radius 3 is 2.96 bits per heavy atom. The zero-order valence-electron chi connectivity index (χ0n) is 14.9. The minimum absolute atomic E-state index is 0.116. The summed E-state index contributed by atoms with van der Waals surface area (Å²) in [6.07, 6.45) is 4.22.